The fraction of sp³-hybridized carbons (Fsp3) is 0.364. The predicted octanol–water partition coefficient (Wildman–Crippen LogP) is 2.80. The maximum Gasteiger partial charge on any atom is 0.243 e. The lowest BCUT2D eigenvalue weighted by Gasteiger charge is -2.11. The van der Waals surface area contributed by atoms with Crippen molar-refractivity contribution in [3.63, 3.8) is 0 Å². The summed E-state index contributed by atoms with van der Waals surface area (Å²) in [5, 5.41) is 5.27. The van der Waals surface area contributed by atoms with Gasteiger partial charge < -0.3 is 10.6 Å². The molecule has 2 amide bonds. The first-order valence-electron chi connectivity index (χ1n) is 9.97. The van der Waals surface area contributed by atoms with Gasteiger partial charge in [-0.3, -0.25) is 9.59 Å². The second-order valence-electron chi connectivity index (χ2n) is 7.21. The molecular formula is C22H29N3O4S. The third-order valence-electron chi connectivity index (χ3n) is 4.62. The van der Waals surface area contributed by atoms with Crippen molar-refractivity contribution >= 4 is 27.5 Å². The molecule has 0 spiro atoms. The number of aryl methyl sites for hydroxylation is 1. The molecule has 0 heterocycles. The minimum Gasteiger partial charge on any atom is -0.347 e. The van der Waals surface area contributed by atoms with Gasteiger partial charge in [-0.1, -0.05) is 51.1 Å². The van der Waals surface area contributed by atoms with E-state index in [9.17, 15) is 18.0 Å². The highest BCUT2D eigenvalue weighted by molar-refractivity contribution is 7.89. The van der Waals surface area contributed by atoms with Gasteiger partial charge in [-0.25, -0.2) is 13.1 Å². The number of hydrogen-bond donors (Lipinski definition) is 3. The second kappa shape index (κ2) is 10.9. The number of carbonyl (C=O) groups excluding carboxylic acids is 2. The molecule has 0 atom stereocenters. The summed E-state index contributed by atoms with van der Waals surface area (Å²) in [4.78, 5) is 24.1. The maximum atomic E-state index is 12.3. The first kappa shape index (κ1) is 23.6. The van der Waals surface area contributed by atoms with Crippen molar-refractivity contribution in [2.24, 2.45) is 0 Å². The smallest absolute Gasteiger partial charge is 0.243 e. The van der Waals surface area contributed by atoms with Crippen molar-refractivity contribution in [2.75, 3.05) is 18.4 Å². The lowest BCUT2D eigenvalue weighted by atomic mass is 10.0. The Balaban J connectivity index is 1.77. The van der Waals surface area contributed by atoms with Gasteiger partial charge >= 0.3 is 0 Å². The van der Waals surface area contributed by atoms with Gasteiger partial charge in [0.05, 0.1) is 11.4 Å². The summed E-state index contributed by atoms with van der Waals surface area (Å²) in [5.41, 5.74) is 2.77. The number of sulfonamides is 1. The number of para-hydroxylation sites is 1. The Bertz CT molecular complexity index is 970. The van der Waals surface area contributed by atoms with Crippen LogP contribution in [0.1, 0.15) is 44.2 Å². The zero-order chi connectivity index (χ0) is 22.1. The summed E-state index contributed by atoms with van der Waals surface area (Å²) in [6, 6.07) is 14.1. The molecule has 0 aliphatic rings. The molecule has 8 heteroatoms. The number of carbonyl (C=O) groups is 2. The molecule has 0 saturated heterocycles. The summed E-state index contributed by atoms with van der Waals surface area (Å²) < 4.78 is 27.0. The minimum absolute atomic E-state index is 0.0552. The molecule has 2 rings (SSSR count). The van der Waals surface area contributed by atoms with Crippen molar-refractivity contribution in [3.05, 3.63) is 59.7 Å². The van der Waals surface area contributed by atoms with Gasteiger partial charge in [0.1, 0.15) is 0 Å². The Labute approximate surface area is 178 Å². The van der Waals surface area contributed by atoms with Crippen molar-refractivity contribution in [3.8, 4) is 0 Å². The van der Waals surface area contributed by atoms with Crippen LogP contribution in [-0.4, -0.2) is 33.3 Å². The molecule has 162 valence electrons. The summed E-state index contributed by atoms with van der Waals surface area (Å²) in [6.45, 7) is 5.82. The molecule has 0 unspecified atom stereocenters. The van der Waals surface area contributed by atoms with Gasteiger partial charge in [-0.05, 0) is 41.7 Å². The minimum atomic E-state index is -3.69. The van der Waals surface area contributed by atoms with Crippen LogP contribution in [0.2, 0.25) is 0 Å². The standard InChI is InChI=1S/C22H29N3O4S/c1-4-17-7-5-6-8-20(17)25-22(27)15-23-21(26)13-14-24-30(28,29)19-11-9-18(10-12-19)16(2)3/h5-12,16,24H,4,13-15H2,1-3H3,(H,23,26)(H,25,27). The first-order chi connectivity index (χ1) is 14.2. The van der Waals surface area contributed by atoms with Crippen LogP contribution in [0, 0.1) is 0 Å². The Morgan fingerprint density at radius 1 is 0.967 bits per heavy atom. The maximum absolute atomic E-state index is 12.3. The third kappa shape index (κ3) is 6.96. The highest BCUT2D eigenvalue weighted by Gasteiger charge is 2.15. The topological polar surface area (TPSA) is 104 Å². The molecule has 30 heavy (non-hydrogen) atoms. The van der Waals surface area contributed by atoms with Crippen LogP contribution >= 0.6 is 0 Å². The highest BCUT2D eigenvalue weighted by Crippen LogP contribution is 2.17. The SMILES string of the molecule is CCc1ccccc1NC(=O)CNC(=O)CCNS(=O)(=O)c1ccc(C(C)C)cc1. The molecule has 0 aliphatic carbocycles. The van der Waals surface area contributed by atoms with Crippen LogP contribution in [0.15, 0.2) is 53.4 Å². The number of benzene rings is 2. The largest absolute Gasteiger partial charge is 0.347 e. The number of anilines is 1. The molecule has 0 aromatic heterocycles. The van der Waals surface area contributed by atoms with Crippen LogP contribution in [0.25, 0.3) is 0 Å². The van der Waals surface area contributed by atoms with E-state index in [-0.39, 0.29) is 30.3 Å². The molecule has 7 nitrogen and oxygen atoms in total. The summed E-state index contributed by atoms with van der Waals surface area (Å²) in [7, 11) is -3.69. The summed E-state index contributed by atoms with van der Waals surface area (Å²) in [5.74, 6) is -0.437. The molecule has 2 aromatic rings. The van der Waals surface area contributed by atoms with E-state index in [1.165, 1.54) is 0 Å². The predicted molar refractivity (Wildman–Crippen MR) is 118 cm³/mol. The van der Waals surface area contributed by atoms with Gasteiger partial charge in [0.2, 0.25) is 21.8 Å². The van der Waals surface area contributed by atoms with Crippen LogP contribution in [-0.2, 0) is 26.0 Å². The average molecular weight is 432 g/mol. The average Bonchev–Trinajstić information content (AvgIpc) is 2.72. The lowest BCUT2D eigenvalue weighted by Crippen LogP contribution is -2.35. The quantitative estimate of drug-likeness (QED) is 0.538. The zero-order valence-corrected chi connectivity index (χ0v) is 18.4. The van der Waals surface area contributed by atoms with Gasteiger partial charge in [0.15, 0.2) is 0 Å². The molecular weight excluding hydrogens is 402 g/mol. The van der Waals surface area contributed by atoms with E-state index < -0.39 is 15.9 Å². The van der Waals surface area contributed by atoms with Crippen LogP contribution in [0.3, 0.4) is 0 Å². The van der Waals surface area contributed by atoms with Crippen LogP contribution in [0.5, 0.6) is 0 Å². The van der Waals surface area contributed by atoms with Crippen molar-refractivity contribution in [1.29, 1.82) is 0 Å². The fourth-order valence-corrected chi connectivity index (χ4v) is 3.86. The Morgan fingerprint density at radius 2 is 1.63 bits per heavy atom. The van der Waals surface area contributed by atoms with Crippen LogP contribution < -0.4 is 15.4 Å². The van der Waals surface area contributed by atoms with E-state index in [4.69, 9.17) is 0 Å². The second-order valence-corrected chi connectivity index (χ2v) is 8.97. The van der Waals surface area contributed by atoms with Crippen LogP contribution in [0.4, 0.5) is 5.69 Å². The third-order valence-corrected chi connectivity index (χ3v) is 6.10. The molecule has 2 aromatic carbocycles. The highest BCUT2D eigenvalue weighted by atomic mass is 32.2. The van der Waals surface area contributed by atoms with E-state index in [1.54, 1.807) is 30.3 Å². The van der Waals surface area contributed by atoms with Crippen molar-refractivity contribution in [2.45, 2.75) is 44.4 Å². The van der Waals surface area contributed by atoms with Crippen molar-refractivity contribution < 1.29 is 18.0 Å². The van der Waals surface area contributed by atoms with Crippen molar-refractivity contribution in [1.82, 2.24) is 10.0 Å². The van der Waals surface area contributed by atoms with Gasteiger partial charge in [0, 0.05) is 18.7 Å². The number of amides is 2. The van der Waals surface area contributed by atoms with E-state index in [2.05, 4.69) is 15.4 Å². The van der Waals surface area contributed by atoms with E-state index >= 15 is 0 Å². The number of rotatable bonds is 10. The molecule has 3 N–H and O–H groups in total. The monoisotopic (exact) mass is 431 g/mol. The van der Waals surface area contributed by atoms with Gasteiger partial charge in [-0.15, -0.1) is 0 Å². The van der Waals surface area contributed by atoms with Gasteiger partial charge in [-0.2, -0.15) is 0 Å². The summed E-state index contributed by atoms with van der Waals surface area (Å²) >= 11 is 0. The molecule has 0 aliphatic heterocycles. The molecule has 0 bridgehead atoms. The number of hydrogen-bond acceptors (Lipinski definition) is 4. The van der Waals surface area contributed by atoms with Gasteiger partial charge in [0.25, 0.3) is 0 Å². The zero-order valence-electron chi connectivity index (χ0n) is 17.6. The molecule has 0 fully saturated rings. The Morgan fingerprint density at radius 3 is 2.27 bits per heavy atom. The number of nitrogens with one attached hydrogen (secondary N) is 3. The normalized spacial score (nSPS) is 11.3. The molecule has 0 radical (unpaired) electrons. The lowest BCUT2D eigenvalue weighted by molar-refractivity contribution is -0.124. The van der Waals surface area contributed by atoms with E-state index in [0.717, 1.165) is 23.2 Å². The Hall–Kier alpha value is -2.71. The Kier molecular flexibility index (Phi) is 8.56. The van der Waals surface area contributed by atoms with E-state index in [0.29, 0.717) is 5.92 Å². The van der Waals surface area contributed by atoms with E-state index in [1.807, 2.05) is 39.0 Å². The summed E-state index contributed by atoms with van der Waals surface area (Å²) in [6.07, 6.45) is 0.714. The fourth-order valence-electron chi connectivity index (χ4n) is 2.83. The first-order valence-corrected chi connectivity index (χ1v) is 11.4. The molecule has 0 saturated carbocycles.